The first-order valence-electron chi connectivity index (χ1n) is 13.0. The van der Waals surface area contributed by atoms with Crippen molar-refractivity contribution in [2.24, 2.45) is 10.8 Å². The molecule has 0 aromatic heterocycles. The van der Waals surface area contributed by atoms with Crippen LogP contribution in [0.15, 0.2) is 76.0 Å². The highest BCUT2D eigenvalue weighted by Crippen LogP contribution is 2.54. The number of Topliss-reactive ketones (excluding diaryl/α,β-unsaturated/α-hetero) is 2. The van der Waals surface area contributed by atoms with Crippen molar-refractivity contribution in [1.29, 1.82) is 0 Å². The second-order valence-electron chi connectivity index (χ2n) is 12.5. The Kier molecular flexibility index (Phi) is 6.21. The van der Waals surface area contributed by atoms with Gasteiger partial charge in [-0.1, -0.05) is 57.5 Å². The second-order valence-corrected chi connectivity index (χ2v) is 14.1. The van der Waals surface area contributed by atoms with E-state index >= 15 is 0 Å². The van der Waals surface area contributed by atoms with Crippen LogP contribution in [0.5, 0.6) is 5.75 Å². The van der Waals surface area contributed by atoms with E-state index in [0.29, 0.717) is 29.6 Å². The molecule has 0 spiro atoms. The summed E-state index contributed by atoms with van der Waals surface area (Å²) in [6.07, 6.45) is 2.25. The number of aryl methyl sites for hydroxylation is 1. The minimum absolute atomic E-state index is 0.0379. The molecule has 0 fully saturated rings. The van der Waals surface area contributed by atoms with E-state index in [-0.39, 0.29) is 33.0 Å². The zero-order valence-corrected chi connectivity index (χ0v) is 23.7. The Hall–Kier alpha value is -3.19. The van der Waals surface area contributed by atoms with Gasteiger partial charge in [0.15, 0.2) is 11.6 Å². The Bertz CT molecular complexity index is 1460. The molecule has 0 unspecified atom stereocenters. The molecule has 0 atom stereocenters. The normalized spacial score (nSPS) is 21.4. The molecule has 2 aromatic carbocycles. The van der Waals surface area contributed by atoms with Gasteiger partial charge in [-0.25, -0.2) is 0 Å². The first-order valence-corrected chi connectivity index (χ1v) is 14.5. The van der Waals surface area contributed by atoms with E-state index in [4.69, 9.17) is 4.18 Å². The monoisotopic (exact) mass is 533 g/mol. The molecule has 7 heteroatoms. The van der Waals surface area contributed by atoms with Crippen molar-refractivity contribution < 1.29 is 22.2 Å². The zero-order chi connectivity index (χ0) is 27.6. The molecule has 5 rings (SSSR count). The molecule has 0 N–H and O–H groups in total. The van der Waals surface area contributed by atoms with E-state index in [1.807, 2.05) is 20.0 Å². The SMILES string of the molecule is Cc1ccc(S(=O)(=O)Oc2cccc(C3C4=C(CC(C)(C)CC4=O)N(C)C4=C3C(=O)CC(C)(C)C4)c2)cc1. The molecule has 0 saturated heterocycles. The lowest BCUT2D eigenvalue weighted by Gasteiger charge is -2.47. The molecule has 0 saturated carbocycles. The highest BCUT2D eigenvalue weighted by Gasteiger charge is 2.48. The number of carbonyl (C=O) groups excluding carboxylic acids is 2. The first kappa shape index (κ1) is 26.4. The minimum Gasteiger partial charge on any atom is -0.379 e. The maximum absolute atomic E-state index is 13.7. The fourth-order valence-electron chi connectivity index (χ4n) is 6.12. The molecule has 1 aliphatic heterocycles. The number of benzene rings is 2. The van der Waals surface area contributed by atoms with E-state index in [2.05, 4.69) is 32.6 Å². The minimum atomic E-state index is -4.05. The Morgan fingerprint density at radius 3 is 1.87 bits per heavy atom. The summed E-state index contributed by atoms with van der Waals surface area (Å²) in [6, 6.07) is 13.3. The van der Waals surface area contributed by atoms with Crippen LogP contribution < -0.4 is 4.18 Å². The van der Waals surface area contributed by atoms with Gasteiger partial charge in [0.2, 0.25) is 0 Å². The summed E-state index contributed by atoms with van der Waals surface area (Å²) in [5.74, 6) is -0.320. The fraction of sp³-hybridized carbons (Fsp3) is 0.419. The molecular formula is C31H35NO5S. The smallest absolute Gasteiger partial charge is 0.339 e. The van der Waals surface area contributed by atoms with Gasteiger partial charge >= 0.3 is 10.1 Å². The van der Waals surface area contributed by atoms with Crippen LogP contribution in [0, 0.1) is 17.8 Å². The van der Waals surface area contributed by atoms with E-state index in [1.54, 1.807) is 30.3 Å². The van der Waals surface area contributed by atoms with Crippen LogP contribution in [0.3, 0.4) is 0 Å². The summed E-state index contributed by atoms with van der Waals surface area (Å²) < 4.78 is 31.5. The fourth-order valence-corrected chi connectivity index (χ4v) is 7.05. The largest absolute Gasteiger partial charge is 0.379 e. The zero-order valence-electron chi connectivity index (χ0n) is 22.9. The summed E-state index contributed by atoms with van der Waals surface area (Å²) >= 11 is 0. The van der Waals surface area contributed by atoms with Gasteiger partial charge in [-0.2, -0.15) is 8.42 Å². The highest BCUT2D eigenvalue weighted by molar-refractivity contribution is 7.87. The van der Waals surface area contributed by atoms with Crippen LogP contribution in [0.25, 0.3) is 0 Å². The van der Waals surface area contributed by atoms with Crippen molar-refractivity contribution in [2.75, 3.05) is 7.05 Å². The molecule has 3 aliphatic rings. The molecule has 0 bridgehead atoms. The predicted octanol–water partition coefficient (Wildman–Crippen LogP) is 6.08. The Labute approximate surface area is 225 Å². The molecule has 1 heterocycles. The number of rotatable bonds is 4. The summed E-state index contributed by atoms with van der Waals surface area (Å²) in [7, 11) is -2.08. The lowest BCUT2D eigenvalue weighted by atomic mass is 9.64. The molecule has 38 heavy (non-hydrogen) atoms. The number of ketones is 2. The lowest BCUT2D eigenvalue weighted by molar-refractivity contribution is -0.119. The Morgan fingerprint density at radius 1 is 0.816 bits per heavy atom. The Balaban J connectivity index is 1.62. The average molecular weight is 534 g/mol. The van der Waals surface area contributed by atoms with Crippen molar-refractivity contribution in [1.82, 2.24) is 4.90 Å². The van der Waals surface area contributed by atoms with Crippen molar-refractivity contribution >= 4 is 21.7 Å². The molecule has 0 amide bonds. The maximum Gasteiger partial charge on any atom is 0.339 e. The summed E-state index contributed by atoms with van der Waals surface area (Å²) in [4.78, 5) is 29.5. The number of hydrogen-bond donors (Lipinski definition) is 0. The summed E-state index contributed by atoms with van der Waals surface area (Å²) in [5.41, 5.74) is 4.48. The van der Waals surface area contributed by atoms with E-state index in [0.717, 1.165) is 29.8 Å². The highest BCUT2D eigenvalue weighted by atomic mass is 32.2. The second kappa shape index (κ2) is 8.94. The van der Waals surface area contributed by atoms with Gasteiger partial charge < -0.3 is 9.08 Å². The molecule has 0 radical (unpaired) electrons. The standard InChI is InChI=1S/C31H35NO5S/c1-19-10-12-22(13-11-19)38(35,36)37-21-9-7-8-20(14-21)27-28-23(15-30(2,3)17-25(28)33)32(6)24-16-31(4,5)18-26(34)29(24)27/h7-14,27H,15-18H2,1-6H3. The third-order valence-electron chi connectivity index (χ3n) is 7.89. The van der Waals surface area contributed by atoms with Crippen molar-refractivity contribution in [3.8, 4) is 5.75 Å². The topological polar surface area (TPSA) is 80.8 Å². The quantitative estimate of drug-likeness (QED) is 0.443. The van der Waals surface area contributed by atoms with Crippen LogP contribution >= 0.6 is 0 Å². The van der Waals surface area contributed by atoms with E-state index < -0.39 is 16.0 Å². The van der Waals surface area contributed by atoms with Crippen LogP contribution in [0.1, 0.15) is 70.4 Å². The van der Waals surface area contributed by atoms with Crippen LogP contribution in [0.2, 0.25) is 0 Å². The Morgan fingerprint density at radius 2 is 1.34 bits per heavy atom. The van der Waals surface area contributed by atoms with Crippen LogP contribution in [0.4, 0.5) is 0 Å². The summed E-state index contributed by atoms with van der Waals surface area (Å²) in [6.45, 7) is 10.3. The van der Waals surface area contributed by atoms with Gasteiger partial charge in [0, 0.05) is 48.3 Å². The third kappa shape index (κ3) is 4.73. The van der Waals surface area contributed by atoms with Crippen LogP contribution in [-0.2, 0) is 19.7 Å². The molecule has 200 valence electrons. The molecule has 2 aromatic rings. The van der Waals surface area contributed by atoms with Crippen molar-refractivity contribution in [3.05, 3.63) is 82.2 Å². The van der Waals surface area contributed by atoms with E-state index in [1.165, 1.54) is 12.1 Å². The maximum atomic E-state index is 13.7. The van der Waals surface area contributed by atoms with Gasteiger partial charge in [-0.15, -0.1) is 0 Å². The lowest BCUT2D eigenvalue weighted by Crippen LogP contribution is -2.43. The van der Waals surface area contributed by atoms with Crippen molar-refractivity contribution in [2.45, 2.75) is 71.1 Å². The van der Waals surface area contributed by atoms with Gasteiger partial charge in [0.05, 0.1) is 0 Å². The van der Waals surface area contributed by atoms with E-state index in [9.17, 15) is 18.0 Å². The van der Waals surface area contributed by atoms with Crippen LogP contribution in [-0.4, -0.2) is 31.9 Å². The predicted molar refractivity (Wildman–Crippen MR) is 146 cm³/mol. The van der Waals surface area contributed by atoms with Gasteiger partial charge in [-0.3, -0.25) is 9.59 Å². The first-order chi connectivity index (χ1) is 17.7. The third-order valence-corrected chi connectivity index (χ3v) is 9.15. The van der Waals surface area contributed by atoms with Gasteiger partial charge in [-0.05, 0) is 60.4 Å². The average Bonchev–Trinajstić information content (AvgIpc) is 2.79. The van der Waals surface area contributed by atoms with Gasteiger partial charge in [0.1, 0.15) is 10.6 Å². The molecular weight excluding hydrogens is 498 g/mol. The number of carbonyl (C=O) groups is 2. The molecule has 6 nitrogen and oxygen atoms in total. The molecule has 2 aliphatic carbocycles. The summed E-state index contributed by atoms with van der Waals surface area (Å²) in [5, 5.41) is 0. The number of allylic oxidation sites excluding steroid dienone is 4. The number of nitrogens with zero attached hydrogens (tertiary/aromatic N) is 1. The number of hydrogen-bond acceptors (Lipinski definition) is 6. The van der Waals surface area contributed by atoms with Gasteiger partial charge in [0.25, 0.3) is 0 Å². The van der Waals surface area contributed by atoms with Crippen molar-refractivity contribution in [3.63, 3.8) is 0 Å².